The van der Waals surface area contributed by atoms with Gasteiger partial charge in [-0.05, 0) is 36.4 Å². The van der Waals surface area contributed by atoms with Gasteiger partial charge in [-0.3, -0.25) is 4.99 Å². The molecule has 25 heavy (non-hydrogen) atoms. The fraction of sp³-hybridized carbons (Fsp3) is 0.333. The van der Waals surface area contributed by atoms with Crippen LogP contribution in [-0.2, 0) is 16.6 Å². The summed E-state index contributed by atoms with van der Waals surface area (Å²) in [7, 11) is 0. The van der Waals surface area contributed by atoms with Gasteiger partial charge in [0, 0.05) is 15.0 Å². The van der Waals surface area contributed by atoms with E-state index in [1.807, 2.05) is 6.07 Å². The molecule has 0 fully saturated rings. The molecule has 2 aliphatic heterocycles. The largest absolute Gasteiger partial charge is 0.431 e. The quantitative estimate of drug-likeness (QED) is 0.821. The fourth-order valence-corrected chi connectivity index (χ4v) is 3.52. The van der Waals surface area contributed by atoms with Crippen LogP contribution in [0.25, 0.3) is 0 Å². The maximum atomic E-state index is 14.4. The van der Waals surface area contributed by atoms with Crippen LogP contribution >= 0.6 is 0 Å². The summed E-state index contributed by atoms with van der Waals surface area (Å²) in [6.07, 6.45) is 1.13. The van der Waals surface area contributed by atoms with E-state index >= 15 is 0 Å². The summed E-state index contributed by atoms with van der Waals surface area (Å²) < 4.78 is 60.9. The lowest BCUT2D eigenvalue weighted by molar-refractivity contribution is -0.0906. The number of nitrogens with zero attached hydrogens (tertiary/aromatic N) is 3. The predicted molar refractivity (Wildman–Crippen MR) is 84.0 cm³/mol. The van der Waals surface area contributed by atoms with E-state index in [-0.39, 0.29) is 42.1 Å². The molecule has 0 amide bonds. The van der Waals surface area contributed by atoms with Crippen LogP contribution in [0.4, 0.5) is 13.2 Å². The number of hydrogen-bond acceptors (Lipinski definition) is 4. The second-order valence-electron chi connectivity index (χ2n) is 6.02. The van der Waals surface area contributed by atoms with E-state index < -0.39 is 24.3 Å². The molecule has 4 rings (SSSR count). The number of nitriles is 1. The number of halogens is 3. The van der Waals surface area contributed by atoms with Crippen molar-refractivity contribution in [3.05, 3.63) is 58.8 Å². The lowest BCUT2D eigenvalue weighted by Crippen LogP contribution is -2.36. The minimum absolute atomic E-state index is 0.0368. The molecule has 0 unspecified atom stereocenters. The SMILES string of the molecule is [2H]C1([2H])CC[C@@]2(CN3C=C(C#N)C=C(OC(F)F)C3=N2)c2cccc(F)c21. The number of aliphatic imine (C=N–C) groups is 1. The number of alkyl halides is 2. The fourth-order valence-electron chi connectivity index (χ4n) is 3.52. The lowest BCUT2D eigenvalue weighted by atomic mass is 9.77. The van der Waals surface area contributed by atoms with E-state index in [4.69, 9.17) is 8.00 Å². The van der Waals surface area contributed by atoms with E-state index in [1.165, 1.54) is 29.3 Å². The van der Waals surface area contributed by atoms with Crippen LogP contribution in [0.3, 0.4) is 0 Å². The molecule has 0 saturated carbocycles. The molecule has 4 nitrogen and oxygen atoms in total. The van der Waals surface area contributed by atoms with E-state index in [0.29, 0.717) is 5.56 Å². The summed E-state index contributed by atoms with van der Waals surface area (Å²) in [5.74, 6) is -0.756. The highest BCUT2D eigenvalue weighted by molar-refractivity contribution is 6.01. The number of ether oxygens (including phenoxy) is 1. The van der Waals surface area contributed by atoms with Crippen molar-refractivity contribution < 1.29 is 20.6 Å². The molecule has 1 spiro atoms. The minimum atomic E-state index is -3.08. The van der Waals surface area contributed by atoms with Crippen molar-refractivity contribution in [2.75, 3.05) is 6.54 Å². The van der Waals surface area contributed by atoms with E-state index in [0.717, 1.165) is 0 Å². The van der Waals surface area contributed by atoms with Crippen LogP contribution < -0.4 is 0 Å². The van der Waals surface area contributed by atoms with Gasteiger partial charge in [-0.25, -0.2) is 4.39 Å². The summed E-state index contributed by atoms with van der Waals surface area (Å²) >= 11 is 0. The number of amidine groups is 1. The zero-order valence-electron chi connectivity index (χ0n) is 15.0. The molecule has 128 valence electrons. The number of allylic oxidation sites excluding steroid dienone is 2. The smallest absolute Gasteiger partial charge is 0.387 e. The zero-order chi connectivity index (χ0) is 19.4. The van der Waals surface area contributed by atoms with Crippen molar-refractivity contribution in [1.29, 1.82) is 5.26 Å². The van der Waals surface area contributed by atoms with Crippen LogP contribution in [-0.4, -0.2) is 23.9 Å². The predicted octanol–water partition coefficient (Wildman–Crippen LogP) is 3.62. The first-order chi connectivity index (χ1) is 12.8. The van der Waals surface area contributed by atoms with Crippen LogP contribution in [0.1, 0.15) is 26.7 Å². The summed E-state index contributed by atoms with van der Waals surface area (Å²) in [6.45, 7) is -2.90. The highest BCUT2D eigenvalue weighted by Crippen LogP contribution is 2.45. The van der Waals surface area contributed by atoms with Gasteiger partial charge >= 0.3 is 6.61 Å². The van der Waals surface area contributed by atoms with Gasteiger partial charge < -0.3 is 9.64 Å². The third kappa shape index (κ3) is 2.49. The highest BCUT2D eigenvalue weighted by Gasteiger charge is 2.46. The first-order valence-corrected chi connectivity index (χ1v) is 7.70. The second-order valence-corrected chi connectivity index (χ2v) is 6.02. The molecular weight excluding hydrogens is 331 g/mol. The Morgan fingerprint density at radius 2 is 2.28 bits per heavy atom. The Labute approximate surface area is 145 Å². The van der Waals surface area contributed by atoms with Gasteiger partial charge in [-0.1, -0.05) is 12.1 Å². The Morgan fingerprint density at radius 1 is 1.44 bits per heavy atom. The highest BCUT2D eigenvalue weighted by atomic mass is 19.3. The van der Waals surface area contributed by atoms with E-state index in [2.05, 4.69) is 9.73 Å². The molecule has 0 saturated heterocycles. The Balaban J connectivity index is 1.85. The Morgan fingerprint density at radius 3 is 3.04 bits per heavy atom. The van der Waals surface area contributed by atoms with Gasteiger partial charge in [-0.2, -0.15) is 14.0 Å². The molecular formula is C18H14F3N3O. The van der Waals surface area contributed by atoms with E-state index in [9.17, 15) is 13.2 Å². The Hall–Kier alpha value is -2.75. The summed E-state index contributed by atoms with van der Waals surface area (Å²) in [4.78, 5) is 6.11. The van der Waals surface area contributed by atoms with Crippen LogP contribution in [0.2, 0.25) is 0 Å². The summed E-state index contributed by atoms with van der Waals surface area (Å²) in [5, 5.41) is 9.16. The van der Waals surface area contributed by atoms with Gasteiger partial charge in [0.05, 0.1) is 12.1 Å². The van der Waals surface area contributed by atoms with Gasteiger partial charge in [0.2, 0.25) is 0 Å². The molecule has 1 atom stereocenters. The molecule has 1 aromatic rings. The maximum absolute atomic E-state index is 14.4. The molecule has 0 N–H and O–H groups in total. The Bertz CT molecular complexity index is 952. The van der Waals surface area contributed by atoms with Crippen molar-refractivity contribution in [2.24, 2.45) is 4.99 Å². The number of rotatable bonds is 2. The van der Waals surface area contributed by atoms with Gasteiger partial charge in [0.1, 0.15) is 17.4 Å². The van der Waals surface area contributed by atoms with Crippen LogP contribution in [0.5, 0.6) is 0 Å². The first kappa shape index (κ1) is 13.5. The monoisotopic (exact) mass is 347 g/mol. The van der Waals surface area contributed by atoms with Crippen molar-refractivity contribution in [2.45, 2.75) is 31.4 Å². The van der Waals surface area contributed by atoms with Crippen molar-refractivity contribution in [3.63, 3.8) is 0 Å². The molecule has 7 heteroatoms. The first-order valence-electron chi connectivity index (χ1n) is 8.70. The minimum Gasteiger partial charge on any atom is -0.431 e. The van der Waals surface area contributed by atoms with Crippen molar-refractivity contribution in [1.82, 2.24) is 4.90 Å². The topological polar surface area (TPSA) is 48.6 Å². The van der Waals surface area contributed by atoms with E-state index in [1.54, 1.807) is 6.07 Å². The molecule has 0 aromatic heterocycles. The lowest BCUT2D eigenvalue weighted by Gasteiger charge is -2.33. The summed E-state index contributed by atoms with van der Waals surface area (Å²) in [5.41, 5.74) is -0.522. The zero-order valence-corrected chi connectivity index (χ0v) is 13.0. The molecule has 1 aliphatic carbocycles. The third-order valence-corrected chi connectivity index (χ3v) is 4.53. The second kappa shape index (κ2) is 5.66. The molecule has 0 radical (unpaired) electrons. The van der Waals surface area contributed by atoms with Crippen LogP contribution in [0, 0.1) is 17.1 Å². The van der Waals surface area contributed by atoms with Gasteiger partial charge in [0.15, 0.2) is 11.6 Å². The molecule has 2 heterocycles. The average molecular weight is 347 g/mol. The number of benzene rings is 1. The number of hydrogen-bond donors (Lipinski definition) is 0. The average Bonchev–Trinajstić information content (AvgIpc) is 2.98. The normalized spacial score (nSPS) is 27.5. The van der Waals surface area contributed by atoms with Crippen molar-refractivity contribution >= 4 is 5.84 Å². The maximum Gasteiger partial charge on any atom is 0.387 e. The van der Waals surface area contributed by atoms with Gasteiger partial charge in [-0.15, -0.1) is 0 Å². The van der Waals surface area contributed by atoms with Crippen LogP contribution in [0.15, 0.2) is 46.8 Å². The van der Waals surface area contributed by atoms with Crippen molar-refractivity contribution in [3.8, 4) is 6.07 Å². The molecule has 1 aromatic carbocycles. The molecule has 0 bridgehead atoms. The Kier molecular flexibility index (Phi) is 3.06. The standard InChI is InChI=1S/C18H14F3N3O/c19-14-5-1-4-13-12(14)3-2-6-18(13)10-24-9-11(8-22)7-15(16(24)23-18)25-17(20)21/h1,4-5,7,9,17H,2-3,6,10H2/t18-/m1/s1/i3D2. The number of fused-ring (bicyclic) bond motifs is 3. The van der Waals surface area contributed by atoms with Gasteiger partial charge in [0.25, 0.3) is 0 Å². The third-order valence-electron chi connectivity index (χ3n) is 4.53. The molecule has 3 aliphatic rings. The summed E-state index contributed by atoms with van der Waals surface area (Å²) in [6, 6.07) is 6.19.